The Kier molecular flexibility index (Phi) is 11.3. The van der Waals surface area contributed by atoms with Gasteiger partial charge in [-0.3, -0.25) is 30.6 Å². The molecule has 30 heavy (non-hydrogen) atoms. The van der Waals surface area contributed by atoms with Crippen molar-refractivity contribution in [2.24, 2.45) is 11.5 Å². The highest BCUT2D eigenvalue weighted by Crippen LogP contribution is 2.00. The molecule has 0 heterocycles. The number of carbonyl (C=O) groups excluding carboxylic acids is 3. The summed E-state index contributed by atoms with van der Waals surface area (Å²) in [5, 5.41) is 21.9. The van der Waals surface area contributed by atoms with E-state index in [-0.39, 0.29) is 37.4 Å². The lowest BCUT2D eigenvalue weighted by Crippen LogP contribution is -2.41. The van der Waals surface area contributed by atoms with Crippen LogP contribution in [0, 0.1) is 16.2 Å². The van der Waals surface area contributed by atoms with Gasteiger partial charge in [-0.2, -0.15) is 0 Å². The van der Waals surface area contributed by atoms with E-state index in [0.717, 1.165) is 9.80 Å². The van der Waals surface area contributed by atoms with Crippen LogP contribution in [0.4, 0.5) is 0 Å². The third kappa shape index (κ3) is 11.3. The molecule has 7 N–H and O–H groups in total. The second-order valence-electron chi connectivity index (χ2n) is 6.40. The first-order valence-electron chi connectivity index (χ1n) is 8.70. The molecular weight excluding hydrogens is 400 g/mol. The zero-order valence-electron chi connectivity index (χ0n) is 17.6. The average Bonchev–Trinajstić information content (AvgIpc) is 2.63. The molecule has 0 saturated heterocycles. The Labute approximate surface area is 174 Å². The molecule has 0 aromatic carbocycles. The van der Waals surface area contributed by atoms with Crippen molar-refractivity contribution < 1.29 is 28.6 Å². The van der Waals surface area contributed by atoms with Crippen molar-refractivity contribution in [3.05, 3.63) is 0 Å². The van der Waals surface area contributed by atoms with Gasteiger partial charge in [-0.1, -0.05) is 0 Å². The highest BCUT2D eigenvalue weighted by Gasteiger charge is 2.21. The quantitative estimate of drug-likeness (QED) is 0.100. The van der Waals surface area contributed by atoms with Gasteiger partial charge in [0.2, 0.25) is 0 Å². The smallest absolute Gasteiger partial charge is 0.326 e. The van der Waals surface area contributed by atoms with Crippen LogP contribution in [0.1, 0.15) is 6.92 Å². The van der Waals surface area contributed by atoms with Crippen LogP contribution < -0.4 is 11.5 Å². The minimum absolute atomic E-state index is 0.158. The highest BCUT2D eigenvalue weighted by molar-refractivity contribution is 5.82. The van der Waals surface area contributed by atoms with E-state index < -0.39 is 37.2 Å². The number of hydrogen-bond donors (Lipinski definition) is 5. The minimum atomic E-state index is -1.11. The molecule has 0 fully saturated rings. The van der Waals surface area contributed by atoms with Gasteiger partial charge in [0.1, 0.15) is 32.8 Å². The number of hydrogen-bond acceptors (Lipinski definition) is 9. The van der Waals surface area contributed by atoms with Crippen LogP contribution in [0.5, 0.6) is 0 Å². The number of carbonyl (C=O) groups is 3. The Bertz CT molecular complexity index is 632. The number of ether oxygens (including phenoxy) is 3. The number of rotatable bonds is 11. The topological polar surface area (TPSA) is 212 Å². The number of nitrogens with two attached hydrogens (primary N) is 2. The van der Waals surface area contributed by atoms with E-state index >= 15 is 0 Å². The number of amidine groups is 1. The van der Waals surface area contributed by atoms with Gasteiger partial charge in [0.05, 0.1) is 5.84 Å². The molecule has 0 aromatic heterocycles. The lowest BCUT2D eigenvalue weighted by atomic mass is 10.4. The summed E-state index contributed by atoms with van der Waals surface area (Å²) in [6, 6.07) is 0. The molecule has 0 amide bonds. The molecule has 0 spiro atoms. The number of likely N-dealkylation sites (N-methyl/N-ethyl adjacent to an activating group) is 3. The Morgan fingerprint density at radius 3 is 1.50 bits per heavy atom. The SMILES string of the molecule is CC(=N)N(C)CC(=O)OCC(COC(=O)CN(C)C(=N)N)OC(=O)CN(C)C(=N)N. The second kappa shape index (κ2) is 12.8. The fourth-order valence-corrected chi connectivity index (χ4v) is 1.67. The zero-order chi connectivity index (χ0) is 23.4. The predicted molar refractivity (Wildman–Crippen MR) is 107 cm³/mol. The van der Waals surface area contributed by atoms with Crippen molar-refractivity contribution in [2.75, 3.05) is 54.0 Å². The summed E-state index contributed by atoms with van der Waals surface area (Å²) < 4.78 is 15.2. The molecule has 1 atom stereocenters. The molecule has 0 bridgehead atoms. The molecule has 0 aliphatic heterocycles. The van der Waals surface area contributed by atoms with Gasteiger partial charge in [-0.25, -0.2) is 0 Å². The Morgan fingerprint density at radius 2 is 1.13 bits per heavy atom. The summed E-state index contributed by atoms with van der Waals surface area (Å²) in [7, 11) is 4.36. The summed E-state index contributed by atoms with van der Waals surface area (Å²) in [4.78, 5) is 39.3. The van der Waals surface area contributed by atoms with Gasteiger partial charge in [-0.15, -0.1) is 0 Å². The summed E-state index contributed by atoms with van der Waals surface area (Å²) in [5.41, 5.74) is 10.5. The van der Waals surface area contributed by atoms with Crippen molar-refractivity contribution in [1.29, 1.82) is 16.2 Å². The van der Waals surface area contributed by atoms with Gasteiger partial charge in [-0.05, 0) is 6.92 Å². The van der Waals surface area contributed by atoms with Crippen molar-refractivity contribution in [3.63, 3.8) is 0 Å². The molecule has 0 aliphatic rings. The fraction of sp³-hybridized carbons (Fsp3) is 0.625. The first-order chi connectivity index (χ1) is 13.8. The summed E-state index contributed by atoms with van der Waals surface area (Å²) >= 11 is 0. The molecule has 14 heteroatoms. The first-order valence-corrected chi connectivity index (χ1v) is 8.70. The largest absolute Gasteiger partial charge is 0.460 e. The third-order valence-electron chi connectivity index (χ3n) is 3.65. The Morgan fingerprint density at radius 1 is 0.767 bits per heavy atom. The normalized spacial score (nSPS) is 10.9. The first kappa shape index (κ1) is 26.4. The van der Waals surface area contributed by atoms with E-state index in [1.54, 1.807) is 0 Å². The van der Waals surface area contributed by atoms with Crippen LogP contribution >= 0.6 is 0 Å². The number of guanidine groups is 2. The maximum Gasteiger partial charge on any atom is 0.326 e. The van der Waals surface area contributed by atoms with E-state index in [0.29, 0.717) is 0 Å². The monoisotopic (exact) mass is 430 g/mol. The predicted octanol–water partition coefficient (Wildman–Crippen LogP) is -2.44. The molecule has 0 saturated carbocycles. The van der Waals surface area contributed by atoms with Gasteiger partial charge < -0.3 is 40.4 Å². The standard InChI is InChI=1S/C16H30N8O6/c1-10(17)22(2)5-12(25)28-8-11(30-14(27)7-24(4)16(20)21)9-29-13(26)6-23(3)15(18)19/h11,17H,5-9H2,1-4H3,(H3,18,19)(H3,20,21). The van der Waals surface area contributed by atoms with Crippen LogP contribution in [0.2, 0.25) is 0 Å². The van der Waals surface area contributed by atoms with Crippen LogP contribution in [-0.2, 0) is 28.6 Å². The summed E-state index contributed by atoms with van der Waals surface area (Å²) in [6.07, 6.45) is -1.11. The maximum atomic E-state index is 12.0. The molecule has 170 valence electrons. The van der Waals surface area contributed by atoms with E-state index in [1.807, 2.05) is 0 Å². The average molecular weight is 430 g/mol. The number of esters is 3. The Balaban J connectivity index is 4.86. The summed E-state index contributed by atoms with van der Waals surface area (Å²) in [5.74, 6) is -2.71. The zero-order valence-corrected chi connectivity index (χ0v) is 17.6. The molecule has 0 rings (SSSR count). The van der Waals surface area contributed by atoms with Gasteiger partial charge in [0.15, 0.2) is 18.0 Å². The van der Waals surface area contributed by atoms with Crippen LogP contribution in [0.25, 0.3) is 0 Å². The molecular formula is C16H30N8O6. The van der Waals surface area contributed by atoms with Gasteiger partial charge >= 0.3 is 17.9 Å². The molecule has 0 aliphatic carbocycles. The second-order valence-corrected chi connectivity index (χ2v) is 6.40. The van der Waals surface area contributed by atoms with E-state index in [9.17, 15) is 14.4 Å². The van der Waals surface area contributed by atoms with Crippen molar-refractivity contribution in [2.45, 2.75) is 13.0 Å². The van der Waals surface area contributed by atoms with Crippen LogP contribution in [-0.4, -0.2) is 110 Å². The molecule has 0 aromatic rings. The molecule has 1 unspecified atom stereocenters. The molecule has 14 nitrogen and oxygen atoms in total. The number of nitrogens with zero attached hydrogens (tertiary/aromatic N) is 3. The Hall–Kier alpha value is -3.58. The van der Waals surface area contributed by atoms with E-state index in [2.05, 4.69) is 0 Å². The summed E-state index contributed by atoms with van der Waals surface area (Å²) in [6.45, 7) is -0.127. The van der Waals surface area contributed by atoms with E-state index in [4.69, 9.17) is 41.9 Å². The van der Waals surface area contributed by atoms with Crippen molar-refractivity contribution >= 4 is 35.7 Å². The van der Waals surface area contributed by atoms with Crippen molar-refractivity contribution in [3.8, 4) is 0 Å². The third-order valence-corrected chi connectivity index (χ3v) is 3.65. The fourth-order valence-electron chi connectivity index (χ4n) is 1.67. The van der Waals surface area contributed by atoms with E-state index in [1.165, 1.54) is 33.0 Å². The van der Waals surface area contributed by atoms with Crippen molar-refractivity contribution in [1.82, 2.24) is 14.7 Å². The maximum absolute atomic E-state index is 12.0. The minimum Gasteiger partial charge on any atom is -0.460 e. The molecule has 0 radical (unpaired) electrons. The van der Waals surface area contributed by atoms with Crippen LogP contribution in [0.15, 0.2) is 0 Å². The number of nitrogens with one attached hydrogen (secondary N) is 3. The van der Waals surface area contributed by atoms with Crippen LogP contribution in [0.3, 0.4) is 0 Å². The lowest BCUT2D eigenvalue weighted by Gasteiger charge is -2.22. The van der Waals surface area contributed by atoms with Gasteiger partial charge in [0, 0.05) is 21.1 Å². The van der Waals surface area contributed by atoms with Gasteiger partial charge in [0.25, 0.3) is 0 Å². The highest BCUT2D eigenvalue weighted by atomic mass is 16.6. The lowest BCUT2D eigenvalue weighted by molar-refractivity contribution is -0.166.